The molecule has 2 N–H and O–H groups in total. The molecule has 14 heteroatoms. The van der Waals surface area contributed by atoms with Gasteiger partial charge in [0.1, 0.15) is 30.8 Å². The lowest BCUT2D eigenvalue weighted by Crippen LogP contribution is -2.70. The number of aliphatic hydroxyl groups excluding tert-OH is 2. The second-order valence-corrected chi connectivity index (χ2v) is 18.9. The number of carbonyl (C=O) groups excluding carboxylic acids is 1. The number of unbranched alkanes of at least 4 members (excludes halogenated alkanes) is 2. The minimum Gasteiger partial charge on any atom is -0.492 e. The van der Waals surface area contributed by atoms with Gasteiger partial charge >= 0.3 is 0 Å². The largest absolute Gasteiger partial charge is 0.492 e. The van der Waals surface area contributed by atoms with E-state index in [1.807, 2.05) is 53.4 Å². The standard InChI is InChI=1S/C57H61N5O9/c1-2-31-69-57-53(61(56(65)42-20-16-39(36-58)17-21-42)37-44-13-9-12-41-10-3-4-14-47(41)44)35-51(59-70-38-40-18-22-45(23-19-40)62(66)67)49-33-43(11-5-7-29-63)48(15-6-8-30-64)54(55(49)57)50-34-46(24-25-52(50)71-57)68-32-28-60-26-27-60/h2-4,9-10,12-14,16-25,33-34,43,48,53-55,63-64H,1,5-8,11,15,26-32,35,37-38H2. The number of rotatable bonds is 23. The molecule has 2 fully saturated rings. The molecule has 0 aromatic heterocycles. The number of hydrogen-bond donors (Lipinski definition) is 2. The lowest BCUT2D eigenvalue weighted by atomic mass is 9.55. The summed E-state index contributed by atoms with van der Waals surface area (Å²) in [5, 5.41) is 48.4. The number of allylic oxidation sites excluding steroid dienone is 1. The maximum absolute atomic E-state index is 15.7. The van der Waals surface area contributed by atoms with E-state index in [9.17, 15) is 25.6 Å². The molecule has 6 unspecified atom stereocenters. The van der Waals surface area contributed by atoms with Gasteiger partial charge in [-0.15, -0.1) is 6.58 Å². The highest BCUT2D eigenvalue weighted by molar-refractivity contribution is 6.03. The smallest absolute Gasteiger partial charge is 0.269 e. The van der Waals surface area contributed by atoms with Crippen LogP contribution in [0.3, 0.4) is 0 Å². The topological polar surface area (TPSA) is 180 Å². The Morgan fingerprint density at radius 3 is 2.46 bits per heavy atom. The molecular formula is C57H61N5O9. The number of nitriles is 1. The molecular weight excluding hydrogens is 899 g/mol. The van der Waals surface area contributed by atoms with Crippen LogP contribution in [0.2, 0.25) is 0 Å². The highest BCUT2D eigenvalue weighted by Gasteiger charge is 2.65. The van der Waals surface area contributed by atoms with E-state index in [0.29, 0.717) is 47.6 Å². The van der Waals surface area contributed by atoms with E-state index >= 15 is 4.79 Å². The number of carbonyl (C=O) groups is 1. The number of ether oxygens (including phenoxy) is 3. The molecule has 4 aliphatic rings. The predicted molar refractivity (Wildman–Crippen MR) is 270 cm³/mol. The van der Waals surface area contributed by atoms with Gasteiger partial charge in [-0.2, -0.15) is 5.26 Å². The summed E-state index contributed by atoms with van der Waals surface area (Å²) in [5.41, 5.74) is 4.80. The van der Waals surface area contributed by atoms with Gasteiger partial charge < -0.3 is 34.2 Å². The molecule has 0 radical (unpaired) electrons. The first-order valence-electron chi connectivity index (χ1n) is 24.8. The van der Waals surface area contributed by atoms with Crippen molar-refractivity contribution in [2.75, 3.05) is 46.1 Å². The van der Waals surface area contributed by atoms with Crippen LogP contribution in [-0.2, 0) is 22.7 Å². The van der Waals surface area contributed by atoms with Gasteiger partial charge in [-0.3, -0.25) is 19.8 Å². The van der Waals surface area contributed by atoms with Gasteiger partial charge in [0.25, 0.3) is 11.6 Å². The highest BCUT2D eigenvalue weighted by Crippen LogP contribution is 2.62. The Hall–Kier alpha value is -6.89. The molecule has 2 aliphatic heterocycles. The van der Waals surface area contributed by atoms with Crippen LogP contribution in [-0.4, -0.2) is 94.4 Å². The third-order valence-electron chi connectivity index (χ3n) is 14.5. The highest BCUT2D eigenvalue weighted by atomic mass is 16.7. The van der Waals surface area contributed by atoms with Crippen molar-refractivity contribution in [3.8, 4) is 17.6 Å². The molecule has 2 aliphatic carbocycles. The summed E-state index contributed by atoms with van der Waals surface area (Å²) in [6, 6.07) is 34.3. The molecule has 6 atom stereocenters. The van der Waals surface area contributed by atoms with E-state index in [1.165, 1.54) is 12.1 Å². The van der Waals surface area contributed by atoms with Gasteiger partial charge in [0.2, 0.25) is 5.79 Å². The van der Waals surface area contributed by atoms with Gasteiger partial charge in [-0.1, -0.05) is 72.6 Å². The van der Waals surface area contributed by atoms with Crippen LogP contribution in [0.15, 0.2) is 139 Å². The fourth-order valence-corrected chi connectivity index (χ4v) is 11.0. The summed E-state index contributed by atoms with van der Waals surface area (Å²) in [4.78, 5) is 37.2. The average Bonchev–Trinajstić information content (AvgIpc) is 4.23. The van der Waals surface area contributed by atoms with E-state index in [4.69, 9.17) is 24.2 Å². The molecule has 14 nitrogen and oxygen atoms in total. The summed E-state index contributed by atoms with van der Waals surface area (Å²) in [5.74, 6) is -1.33. The second-order valence-electron chi connectivity index (χ2n) is 18.9. The van der Waals surface area contributed by atoms with E-state index in [0.717, 1.165) is 78.5 Å². The minimum absolute atomic E-state index is 0.00190. The first kappa shape index (κ1) is 49.1. The Morgan fingerprint density at radius 1 is 0.972 bits per heavy atom. The second kappa shape index (κ2) is 22.5. The van der Waals surface area contributed by atoms with Crippen molar-refractivity contribution in [3.63, 3.8) is 0 Å². The zero-order valence-electron chi connectivity index (χ0n) is 39.9. The lowest BCUT2D eigenvalue weighted by molar-refractivity contribution is -0.384. The van der Waals surface area contributed by atoms with Crippen molar-refractivity contribution in [2.45, 2.75) is 75.8 Å². The lowest BCUT2D eigenvalue weighted by Gasteiger charge is -2.60. The van der Waals surface area contributed by atoms with Crippen LogP contribution in [0.1, 0.15) is 83.5 Å². The Morgan fingerprint density at radius 2 is 1.73 bits per heavy atom. The molecule has 9 rings (SSSR count). The number of benzene rings is 5. The summed E-state index contributed by atoms with van der Waals surface area (Å²) >= 11 is 0. The molecule has 5 aromatic carbocycles. The number of nitrogens with zero attached hydrogens (tertiary/aromatic N) is 5. The van der Waals surface area contributed by atoms with Crippen LogP contribution >= 0.6 is 0 Å². The zero-order valence-corrected chi connectivity index (χ0v) is 39.9. The number of aliphatic hydroxyl groups is 2. The molecule has 0 spiro atoms. The Kier molecular flexibility index (Phi) is 15.5. The van der Waals surface area contributed by atoms with Gasteiger partial charge in [0.05, 0.1) is 34.8 Å². The Balaban J connectivity index is 1.25. The fraction of sp³-hybridized carbons (Fsp3) is 0.386. The van der Waals surface area contributed by atoms with Crippen LogP contribution in [0.25, 0.3) is 10.8 Å². The van der Waals surface area contributed by atoms with Crippen molar-refractivity contribution in [1.82, 2.24) is 9.80 Å². The first-order chi connectivity index (χ1) is 34.7. The minimum atomic E-state index is -1.53. The molecule has 71 heavy (non-hydrogen) atoms. The Labute approximate surface area is 414 Å². The van der Waals surface area contributed by atoms with E-state index in [-0.39, 0.29) is 68.7 Å². The molecule has 0 bridgehead atoms. The van der Waals surface area contributed by atoms with E-state index in [1.54, 1.807) is 42.5 Å². The van der Waals surface area contributed by atoms with Crippen molar-refractivity contribution < 1.29 is 39.0 Å². The number of oxime groups is 1. The predicted octanol–water partition coefficient (Wildman–Crippen LogP) is 9.49. The summed E-state index contributed by atoms with van der Waals surface area (Å²) in [6.07, 6.45) is 8.50. The van der Waals surface area contributed by atoms with Crippen molar-refractivity contribution in [1.29, 1.82) is 5.26 Å². The maximum Gasteiger partial charge on any atom is 0.269 e. The molecule has 1 saturated heterocycles. The third-order valence-corrected chi connectivity index (χ3v) is 14.5. The summed E-state index contributed by atoms with van der Waals surface area (Å²) < 4.78 is 21.3. The molecule has 2 heterocycles. The van der Waals surface area contributed by atoms with Crippen molar-refractivity contribution in [2.24, 2.45) is 22.9 Å². The summed E-state index contributed by atoms with van der Waals surface area (Å²) in [7, 11) is 0. The number of nitro groups is 1. The van der Waals surface area contributed by atoms with Crippen molar-refractivity contribution in [3.05, 3.63) is 171 Å². The average molecular weight is 960 g/mol. The van der Waals surface area contributed by atoms with Crippen molar-refractivity contribution >= 4 is 28.1 Å². The fourth-order valence-electron chi connectivity index (χ4n) is 11.0. The third kappa shape index (κ3) is 10.7. The molecule has 5 aromatic rings. The quantitative estimate of drug-likeness (QED) is 0.0209. The first-order valence-corrected chi connectivity index (χ1v) is 24.8. The van der Waals surface area contributed by atoms with E-state index < -0.39 is 22.7 Å². The van der Waals surface area contributed by atoms with Gasteiger partial charge in [-0.05, 0) is 120 Å². The van der Waals surface area contributed by atoms with Gasteiger partial charge in [0, 0.05) is 75.0 Å². The van der Waals surface area contributed by atoms with E-state index in [2.05, 4.69) is 35.8 Å². The number of non-ortho nitro benzene ring substituents is 1. The summed E-state index contributed by atoms with van der Waals surface area (Å²) in [6.45, 7) is 7.97. The SMILES string of the molecule is C=CCOC12Oc3ccc(OCCN4CC4)cc3C3C(CCCCO)C(CCCCO)C=C(C(=NOCc4ccc([N+](=O)[O-])cc4)CC1N(Cc1cccc4ccccc14)C(=O)c1ccc(C#N)cc1)C32. The van der Waals surface area contributed by atoms with Crippen LogP contribution in [0, 0.1) is 39.2 Å². The Bertz CT molecular complexity index is 2800. The normalized spacial score (nSPS) is 22.6. The number of fused-ring (bicyclic) bond motifs is 3. The van der Waals surface area contributed by atoms with Gasteiger partial charge in [0.15, 0.2) is 0 Å². The molecule has 1 amide bonds. The van der Waals surface area contributed by atoms with Crippen LogP contribution < -0.4 is 9.47 Å². The van der Waals surface area contributed by atoms with Gasteiger partial charge in [-0.25, -0.2) is 0 Å². The molecule has 1 saturated carbocycles. The number of nitro benzene ring substituents is 1. The number of hydrogen-bond acceptors (Lipinski definition) is 12. The zero-order chi connectivity index (χ0) is 49.3. The maximum atomic E-state index is 15.7. The van der Waals surface area contributed by atoms with Crippen LogP contribution in [0.5, 0.6) is 11.5 Å². The molecule has 368 valence electrons. The number of amides is 1. The monoisotopic (exact) mass is 959 g/mol. The van der Waals surface area contributed by atoms with Crippen LogP contribution in [0.4, 0.5) is 5.69 Å².